The molecule has 132 valence electrons. The van der Waals surface area contributed by atoms with Crippen LogP contribution in [0.3, 0.4) is 0 Å². The number of carbonyl (C=O) groups is 1. The van der Waals surface area contributed by atoms with Crippen molar-refractivity contribution < 1.29 is 14.3 Å². The zero-order valence-corrected chi connectivity index (χ0v) is 14.0. The van der Waals surface area contributed by atoms with Crippen LogP contribution in [0, 0.1) is 12.7 Å². The molecule has 26 heavy (non-hydrogen) atoms. The molecule has 3 rings (SSSR count). The molecule has 0 amide bonds. The first-order valence-electron chi connectivity index (χ1n) is 7.94. The molecule has 0 aliphatic carbocycles. The molecular weight excluding hydrogens is 335 g/mol. The van der Waals surface area contributed by atoms with Gasteiger partial charge in [0.05, 0.1) is 5.69 Å². The maximum absolute atomic E-state index is 13.3. The Labute approximate surface area is 149 Å². The molecule has 7 heteroatoms. The standard InChI is InChI=1S/C19H17FN4O2/c1-12-9-14(20)7-8-15(12)22-17-10-16(13-5-3-2-4-6-13)23-19(24-17)21-11-18(25)26/h2-10H,11H2,1H3,(H,25,26)(H2,21,22,23,24). The molecule has 0 spiro atoms. The zero-order valence-electron chi connectivity index (χ0n) is 14.0. The molecule has 3 N–H and O–H groups in total. The lowest BCUT2D eigenvalue weighted by Crippen LogP contribution is -2.15. The Morgan fingerprint density at radius 1 is 1.12 bits per heavy atom. The summed E-state index contributed by atoms with van der Waals surface area (Å²) in [5.41, 5.74) is 2.93. The smallest absolute Gasteiger partial charge is 0.322 e. The van der Waals surface area contributed by atoms with Gasteiger partial charge in [0.15, 0.2) is 0 Å². The van der Waals surface area contributed by atoms with Crippen molar-refractivity contribution in [3.8, 4) is 11.3 Å². The van der Waals surface area contributed by atoms with E-state index in [0.29, 0.717) is 17.2 Å². The molecule has 0 fully saturated rings. The van der Waals surface area contributed by atoms with Crippen molar-refractivity contribution in [2.24, 2.45) is 0 Å². The van der Waals surface area contributed by atoms with Gasteiger partial charge in [-0.05, 0) is 30.7 Å². The number of carboxylic acid groups (broad SMARTS) is 1. The number of aromatic nitrogens is 2. The van der Waals surface area contributed by atoms with E-state index >= 15 is 0 Å². The van der Waals surface area contributed by atoms with Crippen molar-refractivity contribution in [3.63, 3.8) is 0 Å². The lowest BCUT2D eigenvalue weighted by Gasteiger charge is -2.12. The van der Waals surface area contributed by atoms with Gasteiger partial charge in [0, 0.05) is 17.3 Å². The highest BCUT2D eigenvalue weighted by atomic mass is 19.1. The summed E-state index contributed by atoms with van der Waals surface area (Å²) in [6.07, 6.45) is 0. The predicted molar refractivity (Wildman–Crippen MR) is 98.0 cm³/mol. The van der Waals surface area contributed by atoms with Gasteiger partial charge in [-0.1, -0.05) is 30.3 Å². The molecule has 0 aliphatic rings. The van der Waals surface area contributed by atoms with Crippen molar-refractivity contribution in [1.82, 2.24) is 9.97 Å². The molecule has 0 saturated carbocycles. The topological polar surface area (TPSA) is 87.1 Å². The maximum atomic E-state index is 13.3. The fourth-order valence-corrected chi connectivity index (χ4v) is 2.41. The van der Waals surface area contributed by atoms with Crippen LogP contribution < -0.4 is 10.6 Å². The van der Waals surface area contributed by atoms with Crippen LogP contribution in [0.4, 0.5) is 21.8 Å². The third-order valence-electron chi connectivity index (χ3n) is 3.64. The number of hydrogen-bond acceptors (Lipinski definition) is 5. The minimum atomic E-state index is -1.01. The van der Waals surface area contributed by atoms with Crippen LogP contribution in [-0.4, -0.2) is 27.6 Å². The largest absolute Gasteiger partial charge is 0.480 e. The fraction of sp³-hybridized carbons (Fsp3) is 0.105. The third-order valence-corrected chi connectivity index (χ3v) is 3.64. The molecule has 1 heterocycles. The average Bonchev–Trinajstić information content (AvgIpc) is 2.63. The van der Waals surface area contributed by atoms with E-state index in [1.54, 1.807) is 19.1 Å². The van der Waals surface area contributed by atoms with Gasteiger partial charge in [-0.25, -0.2) is 9.37 Å². The van der Waals surface area contributed by atoms with Gasteiger partial charge in [0.1, 0.15) is 18.2 Å². The highest BCUT2D eigenvalue weighted by Gasteiger charge is 2.09. The summed E-state index contributed by atoms with van der Waals surface area (Å²) in [6, 6.07) is 15.6. The summed E-state index contributed by atoms with van der Waals surface area (Å²) < 4.78 is 13.3. The first kappa shape index (κ1) is 17.3. The van der Waals surface area contributed by atoms with E-state index in [-0.39, 0.29) is 18.3 Å². The molecule has 0 radical (unpaired) electrons. The Kier molecular flexibility index (Phi) is 5.07. The second-order valence-corrected chi connectivity index (χ2v) is 5.66. The minimum absolute atomic E-state index is 0.191. The molecular formula is C19H17FN4O2. The van der Waals surface area contributed by atoms with Gasteiger partial charge in [-0.3, -0.25) is 4.79 Å². The minimum Gasteiger partial charge on any atom is -0.480 e. The highest BCUT2D eigenvalue weighted by molar-refractivity contribution is 5.73. The van der Waals surface area contributed by atoms with Gasteiger partial charge in [-0.15, -0.1) is 0 Å². The van der Waals surface area contributed by atoms with Crippen molar-refractivity contribution in [2.45, 2.75) is 6.92 Å². The van der Waals surface area contributed by atoms with Gasteiger partial charge in [0.25, 0.3) is 0 Å². The fourth-order valence-electron chi connectivity index (χ4n) is 2.41. The number of hydrogen-bond donors (Lipinski definition) is 3. The quantitative estimate of drug-likeness (QED) is 0.625. The van der Waals surface area contributed by atoms with Crippen LogP contribution in [0.5, 0.6) is 0 Å². The molecule has 6 nitrogen and oxygen atoms in total. The van der Waals surface area contributed by atoms with Crippen LogP contribution in [0.1, 0.15) is 5.56 Å². The Balaban J connectivity index is 1.97. The monoisotopic (exact) mass is 352 g/mol. The third kappa shape index (κ3) is 4.32. The van der Waals surface area contributed by atoms with E-state index in [4.69, 9.17) is 5.11 Å². The number of carboxylic acids is 1. The van der Waals surface area contributed by atoms with Crippen LogP contribution in [-0.2, 0) is 4.79 Å². The summed E-state index contributed by atoms with van der Waals surface area (Å²) in [4.78, 5) is 19.5. The number of halogens is 1. The van der Waals surface area contributed by atoms with Crippen LogP contribution in [0.2, 0.25) is 0 Å². The number of rotatable bonds is 6. The molecule has 2 aromatic carbocycles. The number of aliphatic carboxylic acids is 1. The molecule has 0 bridgehead atoms. The van der Waals surface area contributed by atoms with E-state index in [9.17, 15) is 9.18 Å². The second kappa shape index (κ2) is 7.60. The lowest BCUT2D eigenvalue weighted by atomic mass is 10.1. The maximum Gasteiger partial charge on any atom is 0.322 e. The van der Waals surface area contributed by atoms with Gasteiger partial charge in [0.2, 0.25) is 5.95 Å². The van der Waals surface area contributed by atoms with E-state index in [0.717, 1.165) is 11.1 Å². The Bertz CT molecular complexity index is 932. The van der Waals surface area contributed by atoms with Gasteiger partial charge < -0.3 is 15.7 Å². The summed E-state index contributed by atoms with van der Waals surface area (Å²) in [5, 5.41) is 14.7. The van der Waals surface area contributed by atoms with Crippen LogP contribution in [0.15, 0.2) is 54.6 Å². The number of nitrogens with one attached hydrogen (secondary N) is 2. The van der Waals surface area contributed by atoms with Crippen LogP contribution in [0.25, 0.3) is 11.3 Å². The Morgan fingerprint density at radius 3 is 2.58 bits per heavy atom. The zero-order chi connectivity index (χ0) is 18.5. The molecule has 0 aliphatic heterocycles. The molecule has 0 saturated heterocycles. The molecule has 0 unspecified atom stereocenters. The lowest BCUT2D eigenvalue weighted by molar-refractivity contribution is -0.134. The number of nitrogens with zero attached hydrogens (tertiary/aromatic N) is 2. The summed E-state index contributed by atoms with van der Waals surface area (Å²) in [5.74, 6) is -0.662. The Morgan fingerprint density at radius 2 is 1.88 bits per heavy atom. The van der Waals surface area contributed by atoms with E-state index in [2.05, 4.69) is 20.6 Å². The SMILES string of the molecule is Cc1cc(F)ccc1Nc1cc(-c2ccccc2)nc(NCC(=O)O)n1. The first-order valence-corrected chi connectivity index (χ1v) is 7.94. The summed E-state index contributed by atoms with van der Waals surface area (Å²) in [6.45, 7) is 1.49. The number of anilines is 3. The molecule has 3 aromatic rings. The van der Waals surface area contributed by atoms with Gasteiger partial charge >= 0.3 is 5.97 Å². The van der Waals surface area contributed by atoms with Crippen molar-refractivity contribution in [3.05, 3.63) is 66.0 Å². The molecule has 1 aromatic heterocycles. The van der Waals surface area contributed by atoms with Crippen molar-refractivity contribution in [2.75, 3.05) is 17.2 Å². The summed E-state index contributed by atoms with van der Waals surface area (Å²) >= 11 is 0. The van der Waals surface area contributed by atoms with Gasteiger partial charge in [-0.2, -0.15) is 4.98 Å². The number of benzene rings is 2. The van der Waals surface area contributed by atoms with Crippen LogP contribution >= 0.6 is 0 Å². The normalized spacial score (nSPS) is 10.4. The van der Waals surface area contributed by atoms with Crippen molar-refractivity contribution in [1.29, 1.82) is 0 Å². The summed E-state index contributed by atoms with van der Waals surface area (Å²) in [7, 11) is 0. The first-order chi connectivity index (χ1) is 12.5. The Hall–Kier alpha value is -3.48. The number of aryl methyl sites for hydroxylation is 1. The predicted octanol–water partition coefficient (Wildman–Crippen LogP) is 3.83. The average molecular weight is 352 g/mol. The highest BCUT2D eigenvalue weighted by Crippen LogP contribution is 2.25. The second-order valence-electron chi connectivity index (χ2n) is 5.66. The van der Waals surface area contributed by atoms with E-state index in [1.807, 2.05) is 30.3 Å². The van der Waals surface area contributed by atoms with Crippen molar-refractivity contribution >= 4 is 23.4 Å². The van der Waals surface area contributed by atoms with E-state index < -0.39 is 5.97 Å². The molecule has 0 atom stereocenters. The van der Waals surface area contributed by atoms with E-state index in [1.165, 1.54) is 12.1 Å².